The summed E-state index contributed by atoms with van der Waals surface area (Å²) in [6.45, 7) is 7.54. The highest BCUT2D eigenvalue weighted by Crippen LogP contribution is 2.33. The fourth-order valence-electron chi connectivity index (χ4n) is 5.34. The van der Waals surface area contributed by atoms with Crippen LogP contribution in [-0.2, 0) is 38.9 Å². The maximum atomic E-state index is 14.0. The van der Waals surface area contributed by atoms with Gasteiger partial charge in [-0.25, -0.2) is 14.1 Å². The Morgan fingerprint density at radius 1 is 0.918 bits per heavy atom. The maximum absolute atomic E-state index is 14.0. The van der Waals surface area contributed by atoms with Crippen molar-refractivity contribution in [2.24, 2.45) is 0 Å². The van der Waals surface area contributed by atoms with Gasteiger partial charge in [0.05, 0.1) is 19.0 Å². The Hall–Kier alpha value is -4.43. The number of aromatic nitrogens is 4. The molecule has 0 N–H and O–H groups in total. The molecule has 13 heteroatoms. The first-order valence-electron chi connectivity index (χ1n) is 15.9. The summed E-state index contributed by atoms with van der Waals surface area (Å²) in [7, 11) is -5.31. The Balaban J connectivity index is 1.54. The van der Waals surface area contributed by atoms with Crippen LogP contribution >= 0.6 is 0 Å². The number of ether oxygens (including phenoxy) is 2. The van der Waals surface area contributed by atoms with Crippen LogP contribution in [0.2, 0.25) is 25.7 Å². The summed E-state index contributed by atoms with van der Waals surface area (Å²) >= 11 is 0. The lowest BCUT2D eigenvalue weighted by Crippen LogP contribution is -2.31. The van der Waals surface area contributed by atoms with E-state index in [0.29, 0.717) is 12.2 Å². The van der Waals surface area contributed by atoms with Gasteiger partial charge < -0.3 is 14.0 Å². The largest absolute Gasteiger partial charge is 0.483 e. The molecule has 0 amide bonds. The van der Waals surface area contributed by atoms with Gasteiger partial charge in [-0.05, 0) is 34.9 Å². The molecule has 0 radical (unpaired) electrons. The summed E-state index contributed by atoms with van der Waals surface area (Å²) in [5.41, 5.74) is 1.81. The van der Waals surface area contributed by atoms with E-state index in [4.69, 9.17) is 13.7 Å². The highest BCUT2D eigenvalue weighted by atomic mass is 32.2. The van der Waals surface area contributed by atoms with Gasteiger partial charge in [0.2, 0.25) is 0 Å². The number of nitrogens with zero attached hydrogens (tertiary/aromatic N) is 4. The third-order valence-corrected chi connectivity index (χ3v) is 10.1. The standard InChI is InChI=1S/C36H41FN4O6SSi/c1-48(43,44)47-31(33(28-13-9-6-10-14-28)29-15-17-30(37)18-16-29)23-40-20-19-38-36(40)34-35(42)32(46-25-27-11-7-5-8-12-27)24-41(39-34)26-45-21-22-49(2,3)4/h5-20,24,31,33H,21-23,25-26H2,1-4H3. The topological polar surface area (TPSA) is 115 Å². The Bertz CT molecular complexity index is 1980. The van der Waals surface area contributed by atoms with Crippen molar-refractivity contribution in [3.05, 3.63) is 136 Å². The predicted molar refractivity (Wildman–Crippen MR) is 189 cm³/mol. The monoisotopic (exact) mass is 704 g/mol. The molecule has 5 aromatic rings. The first kappa shape index (κ1) is 35.9. The molecule has 2 unspecified atom stereocenters. The van der Waals surface area contributed by atoms with Gasteiger partial charge in [-0.3, -0.25) is 8.98 Å². The zero-order chi connectivity index (χ0) is 35.0. The van der Waals surface area contributed by atoms with E-state index in [9.17, 15) is 17.6 Å². The second-order valence-corrected chi connectivity index (χ2v) is 20.2. The molecule has 0 saturated carbocycles. The first-order chi connectivity index (χ1) is 23.4. The summed E-state index contributed by atoms with van der Waals surface area (Å²) in [6, 6.07) is 25.6. The van der Waals surface area contributed by atoms with Crippen LogP contribution in [-0.4, -0.2) is 54.8 Å². The normalized spacial score (nSPS) is 13.2. The fraction of sp³-hybridized carbons (Fsp3) is 0.306. The summed E-state index contributed by atoms with van der Waals surface area (Å²) in [5, 5.41) is 4.60. The third-order valence-electron chi connectivity index (χ3n) is 7.75. The van der Waals surface area contributed by atoms with Crippen LogP contribution in [0, 0.1) is 5.82 Å². The van der Waals surface area contributed by atoms with Gasteiger partial charge in [-0.1, -0.05) is 92.4 Å². The van der Waals surface area contributed by atoms with Gasteiger partial charge in [-0.2, -0.15) is 13.5 Å². The Labute approximate surface area is 287 Å². The van der Waals surface area contributed by atoms with Crippen LogP contribution in [0.3, 0.4) is 0 Å². The van der Waals surface area contributed by atoms with E-state index in [1.165, 1.54) is 29.2 Å². The number of imidazole rings is 1. The van der Waals surface area contributed by atoms with E-state index in [-0.39, 0.29) is 37.2 Å². The van der Waals surface area contributed by atoms with Crippen LogP contribution < -0.4 is 10.2 Å². The first-order valence-corrected chi connectivity index (χ1v) is 21.4. The van der Waals surface area contributed by atoms with Gasteiger partial charge >= 0.3 is 0 Å². The number of rotatable bonds is 16. The SMILES string of the molecule is C[Si](C)(C)CCOCn1cc(OCc2ccccc2)c(=O)c(-c2nccn2CC(OS(C)(=O)=O)C(c2ccccc2)c2ccc(F)cc2)n1. The lowest BCUT2D eigenvalue weighted by Gasteiger charge is -2.28. The molecule has 2 atom stereocenters. The molecule has 0 aliphatic rings. The van der Waals surface area contributed by atoms with Crippen molar-refractivity contribution in [1.29, 1.82) is 0 Å². The fourth-order valence-corrected chi connectivity index (χ4v) is 6.71. The van der Waals surface area contributed by atoms with E-state index in [1.54, 1.807) is 22.9 Å². The van der Waals surface area contributed by atoms with Crippen molar-refractivity contribution in [2.75, 3.05) is 12.9 Å². The minimum atomic E-state index is -3.97. The average molecular weight is 705 g/mol. The smallest absolute Gasteiger partial charge is 0.264 e. The van der Waals surface area contributed by atoms with Crippen molar-refractivity contribution >= 4 is 18.2 Å². The number of benzene rings is 3. The van der Waals surface area contributed by atoms with E-state index in [0.717, 1.165) is 23.4 Å². The molecule has 5 rings (SSSR count). The lowest BCUT2D eigenvalue weighted by molar-refractivity contribution is 0.0766. The average Bonchev–Trinajstić information content (AvgIpc) is 3.51. The third kappa shape index (κ3) is 10.3. The molecule has 0 bridgehead atoms. The number of halogens is 1. The summed E-state index contributed by atoms with van der Waals surface area (Å²) in [5.74, 6) is -0.792. The van der Waals surface area contributed by atoms with Gasteiger partial charge in [0.25, 0.3) is 15.5 Å². The summed E-state index contributed by atoms with van der Waals surface area (Å²) < 4.78 is 60.2. The van der Waals surface area contributed by atoms with Crippen LogP contribution in [0.4, 0.5) is 4.39 Å². The highest BCUT2D eigenvalue weighted by Gasteiger charge is 2.31. The molecule has 0 aliphatic carbocycles. The zero-order valence-corrected chi connectivity index (χ0v) is 29.8. The highest BCUT2D eigenvalue weighted by molar-refractivity contribution is 7.86. The summed E-state index contributed by atoms with van der Waals surface area (Å²) in [6.07, 6.45) is 4.63. The molecule has 0 spiro atoms. The Morgan fingerprint density at radius 3 is 2.22 bits per heavy atom. The van der Waals surface area contributed by atoms with Crippen molar-refractivity contribution in [3.8, 4) is 17.3 Å². The van der Waals surface area contributed by atoms with E-state index in [2.05, 4.69) is 29.7 Å². The molecule has 0 aliphatic heterocycles. The van der Waals surface area contributed by atoms with Crippen LogP contribution in [0.25, 0.3) is 11.5 Å². The minimum absolute atomic E-state index is 0.000469. The van der Waals surface area contributed by atoms with Crippen LogP contribution in [0.1, 0.15) is 22.6 Å². The molecular formula is C36H41FN4O6SSi. The van der Waals surface area contributed by atoms with E-state index < -0.39 is 41.5 Å². The van der Waals surface area contributed by atoms with Gasteiger partial charge in [0.15, 0.2) is 17.3 Å². The molecule has 2 aromatic heterocycles. The Morgan fingerprint density at radius 2 is 1.57 bits per heavy atom. The molecule has 258 valence electrons. The van der Waals surface area contributed by atoms with Crippen molar-refractivity contribution in [1.82, 2.24) is 19.3 Å². The van der Waals surface area contributed by atoms with Crippen LogP contribution in [0.15, 0.2) is 108 Å². The second kappa shape index (κ2) is 15.9. The van der Waals surface area contributed by atoms with Crippen molar-refractivity contribution < 1.29 is 26.5 Å². The predicted octanol–water partition coefficient (Wildman–Crippen LogP) is 6.31. The maximum Gasteiger partial charge on any atom is 0.264 e. The molecule has 0 fully saturated rings. The zero-order valence-electron chi connectivity index (χ0n) is 28.0. The lowest BCUT2D eigenvalue weighted by atomic mass is 9.86. The quantitative estimate of drug-likeness (QED) is 0.0667. The van der Waals surface area contributed by atoms with Crippen molar-refractivity contribution in [2.45, 2.75) is 57.6 Å². The van der Waals surface area contributed by atoms with E-state index in [1.807, 2.05) is 60.7 Å². The second-order valence-electron chi connectivity index (χ2n) is 13.0. The molecule has 10 nitrogen and oxygen atoms in total. The van der Waals surface area contributed by atoms with Crippen molar-refractivity contribution in [3.63, 3.8) is 0 Å². The van der Waals surface area contributed by atoms with Gasteiger partial charge in [-0.15, -0.1) is 0 Å². The molecule has 0 saturated heterocycles. The Kier molecular flexibility index (Phi) is 11.6. The van der Waals surface area contributed by atoms with E-state index >= 15 is 0 Å². The molecule has 2 heterocycles. The number of hydrogen-bond donors (Lipinski definition) is 0. The molecule has 3 aromatic carbocycles. The minimum Gasteiger partial charge on any atom is -0.483 e. The van der Waals surface area contributed by atoms with Crippen LogP contribution in [0.5, 0.6) is 5.75 Å². The molecule has 49 heavy (non-hydrogen) atoms. The summed E-state index contributed by atoms with van der Waals surface area (Å²) in [4.78, 5) is 18.4. The molecular weight excluding hydrogens is 664 g/mol. The van der Waals surface area contributed by atoms with Gasteiger partial charge in [0, 0.05) is 33.0 Å². The van der Waals surface area contributed by atoms with Gasteiger partial charge in [0.1, 0.15) is 25.3 Å². The number of hydrogen-bond acceptors (Lipinski definition) is 8.